The Labute approximate surface area is 107 Å². The molecule has 0 aliphatic carbocycles. The van der Waals surface area contributed by atoms with Crippen LogP contribution in [0.3, 0.4) is 0 Å². The molecule has 1 N–H and O–H groups in total. The van der Waals surface area contributed by atoms with E-state index in [1.807, 2.05) is 6.92 Å². The van der Waals surface area contributed by atoms with Crippen molar-refractivity contribution in [2.24, 2.45) is 0 Å². The van der Waals surface area contributed by atoms with E-state index in [0.717, 1.165) is 10.7 Å². The van der Waals surface area contributed by atoms with Crippen molar-refractivity contribution in [2.75, 3.05) is 0 Å². The summed E-state index contributed by atoms with van der Waals surface area (Å²) in [6.07, 6.45) is 1.58. The monoisotopic (exact) mass is 269 g/mol. The van der Waals surface area contributed by atoms with Crippen LogP contribution in [0.15, 0.2) is 38.8 Å². The van der Waals surface area contributed by atoms with Crippen molar-refractivity contribution in [3.05, 3.63) is 40.9 Å². The van der Waals surface area contributed by atoms with Crippen molar-refractivity contribution < 1.29 is 14.3 Å². The van der Waals surface area contributed by atoms with E-state index in [1.54, 1.807) is 18.4 Å². The normalized spacial score (nSPS) is 10.5. The van der Waals surface area contributed by atoms with Gasteiger partial charge in [-0.3, -0.25) is 0 Å². The fraction of sp³-hybridized carbons (Fsp3) is 0.0909. The van der Waals surface area contributed by atoms with Gasteiger partial charge in [0.25, 0.3) is 0 Å². The standard InChI is InChI=1S/C11H8ClNO3S/c1-6-8(4-5-16-6)17-9-3-2-7(12)10(13-9)11(14)15/h2-5H,1H3,(H,14,15). The second kappa shape index (κ2) is 4.81. The second-order valence-electron chi connectivity index (χ2n) is 3.23. The van der Waals surface area contributed by atoms with Gasteiger partial charge in [-0.05, 0) is 25.1 Å². The summed E-state index contributed by atoms with van der Waals surface area (Å²) in [4.78, 5) is 15.7. The number of carboxylic acids is 1. The molecule has 0 aliphatic heterocycles. The minimum absolute atomic E-state index is 0.130. The summed E-state index contributed by atoms with van der Waals surface area (Å²) in [7, 11) is 0. The summed E-state index contributed by atoms with van der Waals surface area (Å²) in [5.41, 5.74) is -0.141. The number of furan rings is 1. The molecule has 0 radical (unpaired) electrons. The summed E-state index contributed by atoms with van der Waals surface area (Å²) in [6.45, 7) is 1.83. The van der Waals surface area contributed by atoms with Crippen molar-refractivity contribution in [1.29, 1.82) is 0 Å². The largest absolute Gasteiger partial charge is 0.476 e. The van der Waals surface area contributed by atoms with Gasteiger partial charge in [-0.2, -0.15) is 0 Å². The molecule has 2 aromatic heterocycles. The number of nitrogens with zero attached hydrogens (tertiary/aromatic N) is 1. The van der Waals surface area contributed by atoms with E-state index in [2.05, 4.69) is 4.98 Å². The maximum absolute atomic E-state index is 10.9. The van der Waals surface area contributed by atoms with E-state index < -0.39 is 5.97 Å². The van der Waals surface area contributed by atoms with Gasteiger partial charge in [0.05, 0.1) is 16.2 Å². The van der Waals surface area contributed by atoms with Crippen LogP contribution in [0.4, 0.5) is 0 Å². The first-order chi connectivity index (χ1) is 8.08. The Morgan fingerprint density at radius 3 is 2.82 bits per heavy atom. The molecule has 17 heavy (non-hydrogen) atoms. The predicted octanol–water partition coefficient (Wildman–Crippen LogP) is 3.49. The highest BCUT2D eigenvalue weighted by molar-refractivity contribution is 7.99. The Hall–Kier alpha value is -1.46. The lowest BCUT2D eigenvalue weighted by molar-refractivity contribution is 0.0690. The highest BCUT2D eigenvalue weighted by Crippen LogP contribution is 2.30. The van der Waals surface area contributed by atoms with Crippen LogP contribution in [-0.4, -0.2) is 16.1 Å². The summed E-state index contributed by atoms with van der Waals surface area (Å²) >= 11 is 7.07. The molecule has 2 rings (SSSR count). The van der Waals surface area contributed by atoms with E-state index >= 15 is 0 Å². The zero-order chi connectivity index (χ0) is 12.4. The number of hydrogen-bond acceptors (Lipinski definition) is 4. The Kier molecular flexibility index (Phi) is 3.40. The van der Waals surface area contributed by atoms with Crippen molar-refractivity contribution in [3.8, 4) is 0 Å². The first-order valence-corrected chi connectivity index (χ1v) is 5.89. The quantitative estimate of drug-likeness (QED) is 0.924. The first kappa shape index (κ1) is 12.0. The van der Waals surface area contributed by atoms with Gasteiger partial charge in [0, 0.05) is 0 Å². The van der Waals surface area contributed by atoms with Gasteiger partial charge in [0.2, 0.25) is 0 Å². The molecule has 0 fully saturated rings. The first-order valence-electron chi connectivity index (χ1n) is 4.69. The number of rotatable bonds is 3. The second-order valence-corrected chi connectivity index (χ2v) is 4.70. The fourth-order valence-corrected chi connectivity index (χ4v) is 2.22. The average molecular weight is 270 g/mol. The topological polar surface area (TPSA) is 63.3 Å². The molecule has 0 amide bonds. The van der Waals surface area contributed by atoms with E-state index in [-0.39, 0.29) is 10.7 Å². The maximum Gasteiger partial charge on any atom is 0.356 e. The lowest BCUT2D eigenvalue weighted by Gasteiger charge is -2.02. The number of pyridine rings is 1. The summed E-state index contributed by atoms with van der Waals surface area (Å²) in [5.74, 6) is -0.370. The van der Waals surface area contributed by atoms with Crippen LogP contribution >= 0.6 is 23.4 Å². The van der Waals surface area contributed by atoms with Gasteiger partial charge in [0.1, 0.15) is 10.8 Å². The third kappa shape index (κ3) is 2.62. The van der Waals surface area contributed by atoms with Crippen molar-refractivity contribution in [2.45, 2.75) is 16.8 Å². The molecule has 0 spiro atoms. The van der Waals surface area contributed by atoms with E-state index in [9.17, 15) is 4.79 Å². The number of hydrogen-bond donors (Lipinski definition) is 1. The summed E-state index contributed by atoms with van der Waals surface area (Å²) in [5, 5.41) is 9.59. The molecular formula is C11H8ClNO3S. The number of aryl methyl sites for hydroxylation is 1. The maximum atomic E-state index is 10.9. The Morgan fingerprint density at radius 2 is 2.24 bits per heavy atom. The number of carbonyl (C=O) groups is 1. The van der Waals surface area contributed by atoms with Crippen molar-refractivity contribution in [1.82, 2.24) is 4.98 Å². The number of aromatic nitrogens is 1. The van der Waals surface area contributed by atoms with E-state index in [4.69, 9.17) is 21.1 Å². The zero-order valence-corrected chi connectivity index (χ0v) is 10.4. The van der Waals surface area contributed by atoms with Crippen molar-refractivity contribution >= 4 is 29.3 Å². The van der Waals surface area contributed by atoms with Crippen LogP contribution in [0.2, 0.25) is 5.02 Å². The molecule has 0 saturated carbocycles. The minimum atomic E-state index is -1.14. The molecule has 0 atom stereocenters. The molecule has 6 heteroatoms. The Morgan fingerprint density at radius 1 is 1.47 bits per heavy atom. The molecule has 0 bridgehead atoms. The lowest BCUT2D eigenvalue weighted by atomic mass is 10.3. The molecule has 0 saturated heterocycles. The van der Waals surface area contributed by atoms with Crippen LogP contribution in [0.1, 0.15) is 16.2 Å². The molecule has 4 nitrogen and oxygen atoms in total. The average Bonchev–Trinajstić information content (AvgIpc) is 2.67. The Bertz CT molecular complexity index is 568. The molecule has 88 valence electrons. The predicted molar refractivity (Wildman–Crippen MR) is 63.8 cm³/mol. The number of carboxylic acid groups (broad SMARTS) is 1. The van der Waals surface area contributed by atoms with Gasteiger partial charge in [0.15, 0.2) is 5.69 Å². The van der Waals surface area contributed by atoms with E-state index in [0.29, 0.717) is 5.03 Å². The van der Waals surface area contributed by atoms with Gasteiger partial charge in [-0.25, -0.2) is 9.78 Å². The van der Waals surface area contributed by atoms with Gasteiger partial charge < -0.3 is 9.52 Å². The van der Waals surface area contributed by atoms with Gasteiger partial charge >= 0.3 is 5.97 Å². The third-order valence-electron chi connectivity index (χ3n) is 2.05. The molecular weight excluding hydrogens is 262 g/mol. The summed E-state index contributed by atoms with van der Waals surface area (Å²) in [6, 6.07) is 5.00. The fourth-order valence-electron chi connectivity index (χ4n) is 1.22. The van der Waals surface area contributed by atoms with Gasteiger partial charge in [-0.1, -0.05) is 23.4 Å². The van der Waals surface area contributed by atoms with Crippen molar-refractivity contribution in [3.63, 3.8) is 0 Å². The lowest BCUT2D eigenvalue weighted by Crippen LogP contribution is -2.01. The summed E-state index contributed by atoms with van der Waals surface area (Å²) < 4.78 is 5.15. The smallest absolute Gasteiger partial charge is 0.356 e. The highest BCUT2D eigenvalue weighted by atomic mass is 35.5. The highest BCUT2D eigenvalue weighted by Gasteiger charge is 2.13. The van der Waals surface area contributed by atoms with Crippen LogP contribution < -0.4 is 0 Å². The SMILES string of the molecule is Cc1occc1Sc1ccc(Cl)c(C(=O)O)n1. The molecule has 0 unspecified atom stereocenters. The van der Waals surface area contributed by atoms with Gasteiger partial charge in [-0.15, -0.1) is 0 Å². The van der Waals surface area contributed by atoms with Crippen LogP contribution in [0.25, 0.3) is 0 Å². The zero-order valence-electron chi connectivity index (χ0n) is 8.81. The molecule has 0 aliphatic rings. The van der Waals surface area contributed by atoms with Crippen LogP contribution in [0.5, 0.6) is 0 Å². The van der Waals surface area contributed by atoms with Crippen LogP contribution in [-0.2, 0) is 0 Å². The molecule has 0 aromatic carbocycles. The third-order valence-corrected chi connectivity index (χ3v) is 3.43. The Balaban J connectivity index is 2.32. The number of halogens is 1. The minimum Gasteiger partial charge on any atom is -0.476 e. The molecule has 2 aromatic rings. The molecule has 2 heterocycles. The number of aromatic carboxylic acids is 1. The van der Waals surface area contributed by atoms with Crippen LogP contribution in [0, 0.1) is 6.92 Å². The van der Waals surface area contributed by atoms with E-state index in [1.165, 1.54) is 17.8 Å².